The van der Waals surface area contributed by atoms with Crippen molar-refractivity contribution in [3.05, 3.63) is 35.9 Å². The molecule has 23 heavy (non-hydrogen) atoms. The van der Waals surface area contributed by atoms with E-state index in [1.807, 2.05) is 6.07 Å². The first kappa shape index (κ1) is 15.6. The van der Waals surface area contributed by atoms with Crippen LogP contribution in [0.4, 0.5) is 0 Å². The van der Waals surface area contributed by atoms with Crippen molar-refractivity contribution < 1.29 is 14.2 Å². The third-order valence-electron chi connectivity index (χ3n) is 5.80. The van der Waals surface area contributed by atoms with Gasteiger partial charge in [-0.25, -0.2) is 0 Å². The Hall–Kier alpha value is -0.900. The Bertz CT molecular complexity index is 477. The van der Waals surface area contributed by atoms with E-state index in [4.69, 9.17) is 14.2 Å². The molecule has 1 aromatic carbocycles. The van der Waals surface area contributed by atoms with Gasteiger partial charge in [0, 0.05) is 19.6 Å². The van der Waals surface area contributed by atoms with Gasteiger partial charge in [0.05, 0.1) is 24.4 Å². The van der Waals surface area contributed by atoms with Crippen molar-refractivity contribution in [1.82, 2.24) is 0 Å². The predicted octanol–water partition coefficient (Wildman–Crippen LogP) is 4.10. The van der Waals surface area contributed by atoms with Crippen LogP contribution in [0.1, 0.15) is 50.5 Å². The van der Waals surface area contributed by atoms with Gasteiger partial charge in [0.25, 0.3) is 0 Å². The van der Waals surface area contributed by atoms with Crippen LogP contribution >= 0.6 is 0 Å². The quantitative estimate of drug-likeness (QED) is 0.837. The average Bonchev–Trinajstić information content (AvgIpc) is 3.18. The third-order valence-corrected chi connectivity index (χ3v) is 5.80. The smallest absolute Gasteiger partial charge is 0.0717 e. The maximum absolute atomic E-state index is 6.23. The van der Waals surface area contributed by atoms with Gasteiger partial charge >= 0.3 is 0 Å². The van der Waals surface area contributed by atoms with E-state index < -0.39 is 0 Å². The molecule has 0 unspecified atom stereocenters. The molecule has 1 aromatic rings. The second-order valence-electron chi connectivity index (χ2n) is 7.72. The minimum absolute atomic E-state index is 0.0728. The van der Waals surface area contributed by atoms with Gasteiger partial charge in [-0.1, -0.05) is 30.3 Å². The summed E-state index contributed by atoms with van der Waals surface area (Å²) in [4.78, 5) is 0. The van der Waals surface area contributed by atoms with Crippen LogP contribution in [0.5, 0.6) is 0 Å². The van der Waals surface area contributed by atoms with E-state index in [0.29, 0.717) is 12.5 Å². The van der Waals surface area contributed by atoms with Gasteiger partial charge in [-0.05, 0) is 50.0 Å². The SMILES string of the molecule is c1ccc(COCC2C[C@]3(CCCO3)C[C@@]3(CCCO3)C2)cc1. The molecule has 3 aliphatic rings. The van der Waals surface area contributed by atoms with Crippen molar-refractivity contribution in [2.24, 2.45) is 5.92 Å². The van der Waals surface area contributed by atoms with Gasteiger partial charge in [0.1, 0.15) is 0 Å². The Morgan fingerprint density at radius 3 is 2.17 bits per heavy atom. The molecule has 1 saturated carbocycles. The molecular weight excluding hydrogens is 288 g/mol. The van der Waals surface area contributed by atoms with Crippen molar-refractivity contribution in [2.75, 3.05) is 19.8 Å². The molecule has 0 N–H and O–H groups in total. The van der Waals surface area contributed by atoms with Gasteiger partial charge in [-0.15, -0.1) is 0 Å². The Labute approximate surface area is 139 Å². The Morgan fingerprint density at radius 2 is 1.61 bits per heavy atom. The molecule has 0 aromatic heterocycles. The molecule has 4 rings (SSSR count). The minimum Gasteiger partial charge on any atom is -0.376 e. The lowest BCUT2D eigenvalue weighted by atomic mass is 9.68. The van der Waals surface area contributed by atoms with Crippen LogP contribution in [0, 0.1) is 5.92 Å². The first-order chi connectivity index (χ1) is 11.3. The molecule has 1 aliphatic carbocycles. The van der Waals surface area contributed by atoms with E-state index in [-0.39, 0.29) is 11.2 Å². The Morgan fingerprint density at radius 1 is 0.957 bits per heavy atom. The van der Waals surface area contributed by atoms with Gasteiger partial charge in [0.15, 0.2) is 0 Å². The lowest BCUT2D eigenvalue weighted by Crippen LogP contribution is -2.49. The van der Waals surface area contributed by atoms with Gasteiger partial charge in [-0.2, -0.15) is 0 Å². The molecule has 2 atom stereocenters. The standard InChI is InChI=1S/C20H28O3/c1-2-6-17(7-3-1)14-21-15-18-12-19(8-4-10-22-19)16-20(13-18)9-5-11-23-20/h1-3,6-7,18H,4-5,8-16H2/t19-,20-/m1/s1. The lowest BCUT2D eigenvalue weighted by Gasteiger charge is -2.46. The highest BCUT2D eigenvalue weighted by atomic mass is 16.5. The maximum Gasteiger partial charge on any atom is 0.0717 e. The summed E-state index contributed by atoms with van der Waals surface area (Å²) in [5.41, 5.74) is 1.40. The summed E-state index contributed by atoms with van der Waals surface area (Å²) in [6.45, 7) is 3.38. The van der Waals surface area contributed by atoms with Crippen molar-refractivity contribution >= 4 is 0 Å². The maximum atomic E-state index is 6.23. The summed E-state index contributed by atoms with van der Waals surface area (Å²) in [5, 5.41) is 0. The highest BCUT2D eigenvalue weighted by molar-refractivity contribution is 5.13. The van der Waals surface area contributed by atoms with E-state index in [1.54, 1.807) is 0 Å². The van der Waals surface area contributed by atoms with Gasteiger partial charge in [-0.3, -0.25) is 0 Å². The molecule has 0 radical (unpaired) electrons. The molecule has 126 valence electrons. The van der Waals surface area contributed by atoms with E-state index in [9.17, 15) is 0 Å². The summed E-state index contributed by atoms with van der Waals surface area (Å²) in [6, 6.07) is 10.4. The summed E-state index contributed by atoms with van der Waals surface area (Å²) in [7, 11) is 0. The summed E-state index contributed by atoms with van der Waals surface area (Å²) in [6.07, 6.45) is 8.21. The zero-order chi connectivity index (χ0) is 15.6. The second-order valence-corrected chi connectivity index (χ2v) is 7.72. The Balaban J connectivity index is 1.38. The third kappa shape index (κ3) is 3.47. The zero-order valence-electron chi connectivity index (χ0n) is 14.0. The summed E-state index contributed by atoms with van der Waals surface area (Å²) < 4.78 is 18.5. The fourth-order valence-electron chi connectivity index (χ4n) is 5.00. The molecule has 0 amide bonds. The van der Waals surface area contributed by atoms with E-state index in [0.717, 1.165) is 39.1 Å². The number of rotatable bonds is 4. The molecule has 3 heteroatoms. The highest BCUT2D eigenvalue weighted by Crippen LogP contribution is 2.51. The van der Waals surface area contributed by atoms with E-state index >= 15 is 0 Å². The molecule has 0 bridgehead atoms. The van der Waals surface area contributed by atoms with Crippen LogP contribution in [-0.2, 0) is 20.8 Å². The average molecular weight is 316 g/mol. The molecule has 2 saturated heterocycles. The van der Waals surface area contributed by atoms with Crippen LogP contribution in [0.3, 0.4) is 0 Å². The van der Waals surface area contributed by atoms with Crippen molar-refractivity contribution in [3.8, 4) is 0 Å². The minimum atomic E-state index is 0.0728. The fourth-order valence-corrected chi connectivity index (χ4v) is 5.00. The number of hydrogen-bond acceptors (Lipinski definition) is 3. The van der Waals surface area contributed by atoms with E-state index in [1.165, 1.54) is 31.2 Å². The van der Waals surface area contributed by atoms with Crippen LogP contribution < -0.4 is 0 Å². The molecule has 2 heterocycles. The monoisotopic (exact) mass is 316 g/mol. The number of ether oxygens (including phenoxy) is 3. The summed E-state index contributed by atoms with van der Waals surface area (Å²) in [5.74, 6) is 0.559. The molecule has 3 nitrogen and oxygen atoms in total. The van der Waals surface area contributed by atoms with Crippen LogP contribution in [-0.4, -0.2) is 31.0 Å². The van der Waals surface area contributed by atoms with Crippen LogP contribution in [0.15, 0.2) is 30.3 Å². The van der Waals surface area contributed by atoms with Crippen molar-refractivity contribution in [3.63, 3.8) is 0 Å². The normalized spacial score (nSPS) is 37.0. The Kier molecular flexibility index (Phi) is 4.44. The van der Waals surface area contributed by atoms with Crippen LogP contribution in [0.2, 0.25) is 0 Å². The molecule has 2 aliphatic heterocycles. The lowest BCUT2D eigenvalue weighted by molar-refractivity contribution is -0.143. The van der Waals surface area contributed by atoms with Crippen molar-refractivity contribution in [2.45, 2.75) is 62.8 Å². The zero-order valence-corrected chi connectivity index (χ0v) is 14.0. The largest absolute Gasteiger partial charge is 0.376 e. The predicted molar refractivity (Wildman–Crippen MR) is 89.3 cm³/mol. The van der Waals surface area contributed by atoms with Crippen molar-refractivity contribution in [1.29, 1.82) is 0 Å². The first-order valence-electron chi connectivity index (χ1n) is 9.17. The number of hydrogen-bond donors (Lipinski definition) is 0. The first-order valence-corrected chi connectivity index (χ1v) is 9.17. The fraction of sp³-hybridized carbons (Fsp3) is 0.700. The highest BCUT2D eigenvalue weighted by Gasteiger charge is 2.52. The van der Waals surface area contributed by atoms with Crippen LogP contribution in [0.25, 0.3) is 0 Å². The molecular formula is C20H28O3. The van der Waals surface area contributed by atoms with Gasteiger partial charge in [0.2, 0.25) is 0 Å². The topological polar surface area (TPSA) is 27.7 Å². The molecule has 3 fully saturated rings. The second kappa shape index (κ2) is 6.54. The van der Waals surface area contributed by atoms with Gasteiger partial charge < -0.3 is 14.2 Å². The summed E-state index contributed by atoms with van der Waals surface area (Å²) >= 11 is 0. The molecule has 2 spiro atoms. The number of benzene rings is 1. The van der Waals surface area contributed by atoms with E-state index in [2.05, 4.69) is 24.3 Å².